The number of benzene rings is 21. The van der Waals surface area contributed by atoms with Crippen LogP contribution in [0.3, 0.4) is 0 Å². The van der Waals surface area contributed by atoms with Crippen molar-refractivity contribution in [3.05, 3.63) is 462 Å². The summed E-state index contributed by atoms with van der Waals surface area (Å²) < 4.78 is 0. The van der Waals surface area contributed by atoms with Gasteiger partial charge in [0.05, 0.1) is 39.8 Å². The van der Waals surface area contributed by atoms with E-state index in [2.05, 4.69) is 502 Å². The van der Waals surface area contributed by atoms with Gasteiger partial charge in [0.2, 0.25) is 0 Å². The Kier molecular flexibility index (Phi) is 18.5. The van der Waals surface area contributed by atoms with E-state index in [-0.39, 0.29) is 16.2 Å². The number of fused-ring (bicyclic) bond motifs is 21. The first-order valence-electron chi connectivity index (χ1n) is 48.0. The number of aryl methyl sites for hydroxylation is 3. The fourth-order valence-electron chi connectivity index (χ4n) is 24.7. The van der Waals surface area contributed by atoms with Gasteiger partial charge in [0, 0.05) is 84.8 Å². The van der Waals surface area contributed by atoms with Crippen LogP contribution in [0.4, 0.5) is 62.6 Å². The van der Waals surface area contributed by atoms with E-state index in [4.69, 9.17) is 0 Å². The molecule has 27 rings (SSSR count). The minimum absolute atomic E-state index is 0.0510. The molecule has 0 aromatic heterocycles. The Labute approximate surface area is 793 Å². The summed E-state index contributed by atoms with van der Waals surface area (Å²) in [5.74, 6) is 0. The Morgan fingerprint density at radius 3 is 0.815 bits per heavy atom. The van der Waals surface area contributed by atoms with E-state index in [9.17, 15) is 0 Å². The number of hydrogen-bond acceptors (Lipinski definition) is 4. The summed E-state index contributed by atoms with van der Waals surface area (Å²) in [6.07, 6.45) is 0.948. The Morgan fingerprint density at radius 2 is 0.467 bits per heavy atom. The molecule has 6 aliphatic rings. The van der Waals surface area contributed by atoms with E-state index < -0.39 is 8.07 Å². The molecule has 0 atom stereocenters. The lowest BCUT2D eigenvalue weighted by Crippen LogP contribution is -2.58. The van der Waals surface area contributed by atoms with Gasteiger partial charge in [0.25, 0.3) is 0 Å². The predicted molar refractivity (Wildman–Crippen MR) is 579 cm³/mol. The van der Waals surface area contributed by atoms with Gasteiger partial charge in [-0.1, -0.05) is 405 Å². The average molecular weight is 1750 g/mol. The van der Waals surface area contributed by atoms with Crippen molar-refractivity contribution < 1.29 is 0 Å². The molecule has 21 aromatic rings. The maximum atomic E-state index is 2.58. The lowest BCUT2D eigenvalue weighted by molar-refractivity contribution is 0.660. The number of para-hydroxylation sites is 8. The molecule has 0 amide bonds. The second-order valence-corrected chi connectivity index (χ2v) is 44.7. The molecule has 0 fully saturated rings. The molecule has 21 aromatic carbocycles. The zero-order valence-corrected chi connectivity index (χ0v) is 79.6. The quantitative estimate of drug-likeness (QED) is 0.121. The maximum Gasteiger partial charge on any atom is 0.117 e. The molecule has 135 heavy (non-hydrogen) atoms. The highest BCUT2D eigenvalue weighted by Crippen LogP contribution is 2.61. The summed E-state index contributed by atoms with van der Waals surface area (Å²) in [6, 6.07) is 150. The van der Waals surface area contributed by atoms with Gasteiger partial charge in [-0.25, -0.2) is 0 Å². The summed E-state index contributed by atoms with van der Waals surface area (Å²) in [7, 11) is 0.266. The van der Waals surface area contributed by atoms with Crippen LogP contribution in [0.25, 0.3) is 131 Å². The largest absolute Gasteiger partial charge is 0.341 e. The van der Waals surface area contributed by atoms with Crippen molar-refractivity contribution in [1.82, 2.24) is 0 Å². The van der Waals surface area contributed by atoms with Crippen molar-refractivity contribution in [2.75, 3.05) is 26.6 Å². The molecule has 0 N–H and O–H groups in total. The molecule has 0 radical (unpaired) electrons. The van der Waals surface area contributed by atoms with Gasteiger partial charge in [-0.2, -0.15) is 0 Å². The van der Waals surface area contributed by atoms with E-state index >= 15 is 0 Å². The van der Waals surface area contributed by atoms with Crippen LogP contribution in [0.2, 0.25) is 13.1 Å². The summed E-state index contributed by atoms with van der Waals surface area (Å²) in [5.41, 5.74) is 44.4. The molecule has 5 heteroatoms. The molecule has 0 saturated heterocycles. The number of nitrogens with zero attached hydrogens (tertiary/aromatic N) is 4. The third-order valence-electron chi connectivity index (χ3n) is 31.2. The second kappa shape index (κ2) is 30.6. The molecule has 0 spiro atoms. The molecule has 648 valence electrons. The van der Waals surface area contributed by atoms with Crippen LogP contribution in [-0.4, -0.2) is 15.1 Å². The molecule has 3 aliphatic carbocycles. The van der Waals surface area contributed by atoms with Gasteiger partial charge in [-0.15, -0.1) is 0 Å². The molecular formula is C130H104N4Si. The topological polar surface area (TPSA) is 13.0 Å². The Hall–Kier alpha value is -15.4. The highest BCUT2D eigenvalue weighted by Gasteiger charge is 2.43. The summed E-state index contributed by atoms with van der Waals surface area (Å²) in [6.45, 7) is 25.9. The van der Waals surface area contributed by atoms with Crippen molar-refractivity contribution in [2.45, 2.75) is 98.1 Å². The lowest BCUT2D eigenvalue weighted by atomic mass is 9.81. The van der Waals surface area contributed by atoms with Crippen molar-refractivity contribution in [1.29, 1.82) is 0 Å². The van der Waals surface area contributed by atoms with Crippen LogP contribution in [-0.2, 0) is 22.7 Å². The molecule has 0 bridgehead atoms. The molecule has 4 nitrogen and oxygen atoms in total. The van der Waals surface area contributed by atoms with E-state index in [1.807, 2.05) is 0 Å². The zero-order valence-electron chi connectivity index (χ0n) is 78.6. The van der Waals surface area contributed by atoms with Gasteiger partial charge in [0.15, 0.2) is 0 Å². The predicted octanol–water partition coefficient (Wildman–Crippen LogP) is 34.4. The van der Waals surface area contributed by atoms with Crippen LogP contribution in [0.15, 0.2) is 400 Å². The third kappa shape index (κ3) is 12.3. The Balaban J connectivity index is 0.000000108. The summed E-state index contributed by atoms with van der Waals surface area (Å²) in [4.78, 5) is 9.92. The SMILES string of the molecule is Cc1ccc2c(N3c4ccccc4Cc4ccccc43)c3ccccc3c(-c3ccc4c(c3)C(C)(C)c3ccccc3-4)c2c1.Cc1ccc2c(N3c4ccccc4N(C)c4ccccc43)c3ccccc3c(-c3ccc4c(c3)C(C)(C)c3ccccc3-4)c2c1.Cc1ccc2c(N3c4ccccc4[Si](C)(C)c4ccccc43)c3ccccc3c(-c3ccc4c(c3)C(C)(C)c3ccccc3-4)c2c1. The third-order valence-corrected chi connectivity index (χ3v) is 34.7. The van der Waals surface area contributed by atoms with E-state index in [0.717, 1.165) is 6.42 Å². The first kappa shape index (κ1) is 81.6. The van der Waals surface area contributed by atoms with Gasteiger partial charge < -0.3 is 19.6 Å². The lowest BCUT2D eigenvalue weighted by Gasteiger charge is -2.42. The minimum Gasteiger partial charge on any atom is -0.341 e. The van der Waals surface area contributed by atoms with Gasteiger partial charge >= 0.3 is 0 Å². The number of rotatable bonds is 6. The van der Waals surface area contributed by atoms with Crippen molar-refractivity contribution in [2.24, 2.45) is 0 Å². The van der Waals surface area contributed by atoms with Crippen LogP contribution < -0.4 is 30.0 Å². The second-order valence-electron chi connectivity index (χ2n) is 40.4. The van der Waals surface area contributed by atoms with Gasteiger partial charge in [-0.05, 0) is 241 Å². The smallest absolute Gasteiger partial charge is 0.117 e. The van der Waals surface area contributed by atoms with Crippen LogP contribution >= 0.6 is 0 Å². The summed E-state index contributed by atoms with van der Waals surface area (Å²) >= 11 is 0. The number of hydrogen-bond donors (Lipinski definition) is 0. The number of anilines is 11. The normalized spacial score (nSPS) is 14.7. The fraction of sp³-hybridized carbons (Fsp3) is 0.123. The van der Waals surface area contributed by atoms with Crippen molar-refractivity contribution in [3.8, 4) is 66.8 Å². The van der Waals surface area contributed by atoms with Crippen LogP contribution in [0.5, 0.6) is 0 Å². The summed E-state index contributed by atoms with van der Waals surface area (Å²) in [5, 5.41) is 18.3. The average Bonchev–Trinajstić information content (AvgIpc) is 1.68. The molecule has 0 saturated carbocycles. The first-order valence-corrected chi connectivity index (χ1v) is 51.0. The Morgan fingerprint density at radius 1 is 0.215 bits per heavy atom. The molecular weight excluding hydrogens is 1650 g/mol. The van der Waals surface area contributed by atoms with Gasteiger partial charge in [-0.3, -0.25) is 0 Å². The zero-order chi connectivity index (χ0) is 91.4. The fourth-order valence-corrected chi connectivity index (χ4v) is 27.6. The maximum absolute atomic E-state index is 2.58. The van der Waals surface area contributed by atoms with Crippen molar-refractivity contribution in [3.63, 3.8) is 0 Å². The highest BCUT2D eigenvalue weighted by molar-refractivity contribution is 7.02. The highest BCUT2D eigenvalue weighted by atomic mass is 28.3. The Bertz CT molecular complexity index is 8490. The standard InChI is InChI=1S/C44H37NSi.C43H34N2.C43H33N/c1-28-22-24-34-35(26-28)42(29-23-25-31-30-14-8-9-17-36(30)44(2,3)37(31)27-29)32-15-6-7-16-33(32)43(34)45-38-18-10-12-20-40(38)46(4,5)41-21-13-11-19-39(41)45;1-27-21-23-33-34(25-27)41(28-22-24-30-29-13-7-8-16-35(29)43(2,3)36(30)26-28)31-14-5-6-15-32(31)42(33)45-39-19-11-9-17-37(39)44(4)38-18-10-12-20-40(38)45;1-27-20-22-35-36(24-27)41(30-21-23-32-31-14-8-9-17-37(31)43(2,3)38(32)26-30)33-15-6-7-16-34(33)42(35)44-39-18-10-4-12-28(39)25-29-13-5-11-19-40(29)44/h6-27H,1-5H3;5-26H,1-4H3;4-24,26H,25H2,1-3H3. The monoisotopic (exact) mass is 1750 g/mol. The van der Waals surface area contributed by atoms with Crippen LogP contribution in [0, 0.1) is 20.8 Å². The van der Waals surface area contributed by atoms with Crippen molar-refractivity contribution >= 4 is 146 Å². The first-order chi connectivity index (χ1) is 65.7. The van der Waals surface area contributed by atoms with Gasteiger partial charge in [0.1, 0.15) is 8.07 Å². The van der Waals surface area contributed by atoms with E-state index in [0.29, 0.717) is 0 Å². The van der Waals surface area contributed by atoms with E-state index in [1.54, 1.807) is 0 Å². The molecule has 3 aliphatic heterocycles. The van der Waals surface area contributed by atoms with Crippen LogP contribution in [0.1, 0.15) is 103 Å². The van der Waals surface area contributed by atoms with E-state index in [1.165, 1.54) is 266 Å². The molecule has 3 heterocycles. The minimum atomic E-state index is -1.91. The molecule has 0 unspecified atom stereocenters.